The van der Waals surface area contributed by atoms with Crippen LogP contribution in [-0.2, 0) is 11.3 Å². The van der Waals surface area contributed by atoms with Crippen LogP contribution >= 0.6 is 11.6 Å². The van der Waals surface area contributed by atoms with Gasteiger partial charge >= 0.3 is 0 Å². The van der Waals surface area contributed by atoms with Crippen molar-refractivity contribution >= 4 is 11.6 Å². The molecule has 4 nitrogen and oxygen atoms in total. The smallest absolute Gasteiger partial charge is 0.161 e. The molecule has 1 aliphatic heterocycles. The molecular weight excluding hydrogens is 290 g/mol. The molecule has 0 N–H and O–H groups in total. The first-order chi connectivity index (χ1) is 9.97. The van der Waals surface area contributed by atoms with Gasteiger partial charge in [-0.2, -0.15) is 0 Å². The molecule has 118 valence electrons. The van der Waals surface area contributed by atoms with E-state index >= 15 is 0 Å². The van der Waals surface area contributed by atoms with Crippen molar-refractivity contribution in [2.24, 2.45) is 0 Å². The first-order valence-corrected chi connectivity index (χ1v) is 7.68. The van der Waals surface area contributed by atoms with E-state index in [4.69, 9.17) is 25.8 Å². The summed E-state index contributed by atoms with van der Waals surface area (Å²) in [5.74, 6) is 2.03. The highest BCUT2D eigenvalue weighted by atomic mass is 35.5. The molecule has 0 aliphatic carbocycles. The van der Waals surface area contributed by atoms with Gasteiger partial charge in [-0.1, -0.05) is 6.07 Å². The summed E-state index contributed by atoms with van der Waals surface area (Å²) in [5, 5.41) is 0. The highest BCUT2D eigenvalue weighted by Crippen LogP contribution is 2.29. The number of hydrogen-bond donors (Lipinski definition) is 0. The topological polar surface area (TPSA) is 30.9 Å². The second-order valence-corrected chi connectivity index (χ2v) is 6.32. The number of hydrogen-bond acceptors (Lipinski definition) is 4. The zero-order chi connectivity index (χ0) is 15.5. The molecule has 2 rings (SSSR count). The number of rotatable bonds is 5. The molecule has 0 bridgehead atoms. The molecule has 0 amide bonds. The Labute approximate surface area is 131 Å². The average molecular weight is 314 g/mol. The Hall–Kier alpha value is -0.970. The molecule has 1 fully saturated rings. The van der Waals surface area contributed by atoms with Crippen LogP contribution in [0.4, 0.5) is 0 Å². The third kappa shape index (κ3) is 4.25. The van der Waals surface area contributed by atoms with Crippen LogP contribution in [0.2, 0.25) is 0 Å². The summed E-state index contributed by atoms with van der Waals surface area (Å²) in [6, 6.07) is 6.04. The molecule has 1 aromatic rings. The molecule has 0 saturated carbocycles. The summed E-state index contributed by atoms with van der Waals surface area (Å²) in [7, 11) is 3.30. The van der Waals surface area contributed by atoms with Crippen molar-refractivity contribution in [3.05, 3.63) is 23.8 Å². The highest BCUT2D eigenvalue weighted by Gasteiger charge is 2.32. The molecule has 21 heavy (non-hydrogen) atoms. The van der Waals surface area contributed by atoms with Crippen LogP contribution in [0.25, 0.3) is 0 Å². The summed E-state index contributed by atoms with van der Waals surface area (Å²) in [6.07, 6.45) is 0.0792. The molecule has 0 spiro atoms. The van der Waals surface area contributed by atoms with Crippen LogP contribution in [0.3, 0.4) is 0 Å². The van der Waals surface area contributed by atoms with Crippen molar-refractivity contribution in [2.45, 2.75) is 32.1 Å². The lowest BCUT2D eigenvalue weighted by atomic mass is 10.0. The van der Waals surface area contributed by atoms with Crippen LogP contribution in [0.1, 0.15) is 19.4 Å². The Morgan fingerprint density at radius 3 is 2.62 bits per heavy atom. The SMILES string of the molecule is COc1ccc(CN2CC(CCl)OC(C)(C)C2)cc1OC. The molecule has 0 radical (unpaired) electrons. The summed E-state index contributed by atoms with van der Waals surface area (Å²) < 4.78 is 16.6. The minimum atomic E-state index is -0.172. The number of morpholine rings is 1. The van der Waals surface area contributed by atoms with Crippen LogP contribution in [-0.4, -0.2) is 49.8 Å². The maximum absolute atomic E-state index is 5.97. The van der Waals surface area contributed by atoms with Crippen molar-refractivity contribution < 1.29 is 14.2 Å². The van der Waals surface area contributed by atoms with Gasteiger partial charge in [0, 0.05) is 25.5 Å². The normalized spacial score (nSPS) is 22.0. The maximum atomic E-state index is 5.97. The van der Waals surface area contributed by atoms with Crippen molar-refractivity contribution in [2.75, 3.05) is 33.2 Å². The largest absolute Gasteiger partial charge is 0.493 e. The quantitative estimate of drug-likeness (QED) is 0.782. The Kier molecular flexibility index (Phi) is 5.36. The van der Waals surface area contributed by atoms with Gasteiger partial charge in [0.25, 0.3) is 0 Å². The van der Waals surface area contributed by atoms with Crippen LogP contribution in [0.5, 0.6) is 11.5 Å². The molecule has 1 saturated heterocycles. The van der Waals surface area contributed by atoms with Crippen LogP contribution in [0.15, 0.2) is 18.2 Å². The van der Waals surface area contributed by atoms with E-state index in [1.54, 1.807) is 14.2 Å². The lowest BCUT2D eigenvalue weighted by Crippen LogP contribution is -2.52. The standard InChI is InChI=1S/C16H24ClNO3/c1-16(2)11-18(10-13(8-17)21-16)9-12-5-6-14(19-3)15(7-12)20-4/h5-7,13H,8-11H2,1-4H3. The monoisotopic (exact) mass is 313 g/mol. The van der Waals surface area contributed by atoms with Crippen LogP contribution < -0.4 is 9.47 Å². The molecule has 1 heterocycles. The zero-order valence-electron chi connectivity index (χ0n) is 13.2. The van der Waals surface area contributed by atoms with Crippen molar-refractivity contribution in [1.82, 2.24) is 4.90 Å². The maximum Gasteiger partial charge on any atom is 0.161 e. The van der Waals surface area contributed by atoms with Crippen molar-refractivity contribution in [3.63, 3.8) is 0 Å². The predicted molar refractivity (Wildman–Crippen MR) is 84.5 cm³/mol. The molecular formula is C16H24ClNO3. The highest BCUT2D eigenvalue weighted by molar-refractivity contribution is 6.18. The Morgan fingerprint density at radius 2 is 2.00 bits per heavy atom. The van der Waals surface area contributed by atoms with Crippen molar-refractivity contribution in [3.8, 4) is 11.5 Å². The van der Waals surface area contributed by atoms with Gasteiger partial charge in [-0.15, -0.1) is 11.6 Å². The third-order valence-electron chi connectivity index (χ3n) is 3.58. The number of halogens is 1. The Balaban J connectivity index is 2.10. The van der Waals surface area contributed by atoms with E-state index in [0.717, 1.165) is 31.1 Å². The van der Waals surface area contributed by atoms with Gasteiger partial charge in [-0.25, -0.2) is 0 Å². The van der Waals surface area contributed by atoms with E-state index < -0.39 is 0 Å². The average Bonchev–Trinajstić information content (AvgIpc) is 2.45. The summed E-state index contributed by atoms with van der Waals surface area (Å²) >= 11 is 5.97. The lowest BCUT2D eigenvalue weighted by molar-refractivity contribution is -0.129. The van der Waals surface area contributed by atoms with E-state index in [-0.39, 0.29) is 11.7 Å². The summed E-state index contributed by atoms with van der Waals surface area (Å²) in [6.45, 7) is 6.79. The number of benzene rings is 1. The predicted octanol–water partition coefficient (Wildman–Crippen LogP) is 2.92. The van der Waals surface area contributed by atoms with Gasteiger partial charge in [-0.05, 0) is 31.5 Å². The van der Waals surface area contributed by atoms with Gasteiger partial charge in [0.15, 0.2) is 11.5 Å². The number of nitrogens with zero attached hydrogens (tertiary/aromatic N) is 1. The Bertz CT molecular complexity index is 479. The van der Waals surface area contributed by atoms with Gasteiger partial charge in [-0.3, -0.25) is 4.90 Å². The molecule has 1 unspecified atom stereocenters. The molecule has 1 aliphatic rings. The van der Waals surface area contributed by atoms with Gasteiger partial charge in [0.05, 0.1) is 25.9 Å². The zero-order valence-corrected chi connectivity index (χ0v) is 13.9. The summed E-state index contributed by atoms with van der Waals surface area (Å²) in [4.78, 5) is 2.37. The first kappa shape index (κ1) is 16.4. The van der Waals surface area contributed by atoms with Gasteiger partial charge < -0.3 is 14.2 Å². The molecule has 5 heteroatoms. The number of methoxy groups -OCH3 is 2. The van der Waals surface area contributed by atoms with Gasteiger partial charge in [0.2, 0.25) is 0 Å². The van der Waals surface area contributed by atoms with E-state index in [0.29, 0.717) is 5.88 Å². The van der Waals surface area contributed by atoms with E-state index in [1.165, 1.54) is 5.56 Å². The summed E-state index contributed by atoms with van der Waals surface area (Å²) in [5.41, 5.74) is 1.02. The lowest BCUT2D eigenvalue weighted by Gasteiger charge is -2.42. The second kappa shape index (κ2) is 6.86. The Morgan fingerprint density at radius 1 is 1.29 bits per heavy atom. The van der Waals surface area contributed by atoms with Crippen LogP contribution in [0, 0.1) is 0 Å². The molecule has 1 aromatic carbocycles. The van der Waals surface area contributed by atoms with E-state index in [1.807, 2.05) is 12.1 Å². The molecule has 1 atom stereocenters. The fourth-order valence-electron chi connectivity index (χ4n) is 2.85. The fraction of sp³-hybridized carbons (Fsp3) is 0.625. The van der Waals surface area contributed by atoms with E-state index in [9.17, 15) is 0 Å². The number of alkyl halides is 1. The minimum absolute atomic E-state index is 0.0792. The number of ether oxygens (including phenoxy) is 3. The van der Waals surface area contributed by atoms with Crippen molar-refractivity contribution in [1.29, 1.82) is 0 Å². The first-order valence-electron chi connectivity index (χ1n) is 7.14. The minimum Gasteiger partial charge on any atom is -0.493 e. The molecule has 0 aromatic heterocycles. The van der Waals surface area contributed by atoms with E-state index in [2.05, 4.69) is 24.8 Å². The third-order valence-corrected chi connectivity index (χ3v) is 3.92. The fourth-order valence-corrected chi connectivity index (χ4v) is 3.02. The second-order valence-electron chi connectivity index (χ2n) is 6.01. The van der Waals surface area contributed by atoms with Gasteiger partial charge in [0.1, 0.15) is 0 Å².